The van der Waals surface area contributed by atoms with Gasteiger partial charge in [0.2, 0.25) is 0 Å². The van der Waals surface area contributed by atoms with Gasteiger partial charge in [-0.05, 0) is 54.9 Å². The summed E-state index contributed by atoms with van der Waals surface area (Å²) in [5.41, 5.74) is 2.19. The van der Waals surface area contributed by atoms with Gasteiger partial charge in [-0.15, -0.1) is 11.8 Å². The Morgan fingerprint density at radius 2 is 1.86 bits per heavy atom. The quantitative estimate of drug-likeness (QED) is 0.326. The number of rotatable bonds is 8. The number of unbranched alkanes of at least 4 members (excludes halogenated alkanes) is 4. The van der Waals surface area contributed by atoms with Crippen molar-refractivity contribution in [1.82, 2.24) is 0 Å². The van der Waals surface area contributed by atoms with E-state index in [1.807, 2.05) is 0 Å². The summed E-state index contributed by atoms with van der Waals surface area (Å²) in [6.45, 7) is 2.24. The smallest absolute Gasteiger partial charge is 0.161 e. The van der Waals surface area contributed by atoms with Crippen molar-refractivity contribution >= 4 is 23.6 Å². The molecule has 0 aromatic heterocycles. The minimum atomic E-state index is 0.290. The molecule has 0 amide bonds. The lowest BCUT2D eigenvalue weighted by molar-refractivity contribution is -0.117. The fourth-order valence-electron chi connectivity index (χ4n) is 3.16. The molecule has 0 heterocycles. The van der Waals surface area contributed by atoms with Crippen molar-refractivity contribution < 1.29 is 4.79 Å². The number of benzene rings is 1. The van der Waals surface area contributed by atoms with E-state index >= 15 is 0 Å². The van der Waals surface area contributed by atoms with E-state index in [2.05, 4.69) is 43.5 Å². The molecule has 0 radical (unpaired) electrons. The Morgan fingerprint density at radius 3 is 2.55 bits per heavy atom. The molecule has 120 valence electrons. The van der Waals surface area contributed by atoms with Gasteiger partial charge in [-0.1, -0.05) is 51.2 Å². The third kappa shape index (κ3) is 5.01. The van der Waals surface area contributed by atoms with Gasteiger partial charge in [0.05, 0.1) is 0 Å². The van der Waals surface area contributed by atoms with Crippen LogP contribution in [0.15, 0.2) is 34.7 Å². The number of hydrogen-bond donors (Lipinski definition) is 0. The molecule has 0 unspecified atom stereocenters. The van der Waals surface area contributed by atoms with Crippen molar-refractivity contribution in [1.29, 1.82) is 0 Å². The molecule has 1 aromatic rings. The van der Waals surface area contributed by atoms with Crippen LogP contribution in [-0.4, -0.2) is 12.0 Å². The highest BCUT2D eigenvalue weighted by atomic mass is 32.2. The molecule has 1 aliphatic rings. The summed E-state index contributed by atoms with van der Waals surface area (Å²) < 4.78 is 0. The molecular weight excluding hydrogens is 288 g/mol. The van der Waals surface area contributed by atoms with E-state index in [1.54, 1.807) is 11.8 Å². The number of ketones is 1. The maximum atomic E-state index is 12.5. The topological polar surface area (TPSA) is 17.1 Å². The van der Waals surface area contributed by atoms with Gasteiger partial charge >= 0.3 is 0 Å². The minimum Gasteiger partial charge on any atom is -0.294 e. The van der Waals surface area contributed by atoms with Crippen LogP contribution < -0.4 is 0 Å². The predicted octanol–water partition coefficient (Wildman–Crippen LogP) is 6.13. The molecule has 2 heteroatoms. The van der Waals surface area contributed by atoms with Crippen molar-refractivity contribution in [3.05, 3.63) is 35.4 Å². The third-order valence-corrected chi connectivity index (χ3v) is 5.31. The van der Waals surface area contributed by atoms with Crippen LogP contribution >= 0.6 is 11.8 Å². The average molecular weight is 317 g/mol. The van der Waals surface area contributed by atoms with E-state index < -0.39 is 0 Å². The van der Waals surface area contributed by atoms with Crippen LogP contribution in [0.5, 0.6) is 0 Å². The minimum absolute atomic E-state index is 0.290. The highest BCUT2D eigenvalue weighted by Gasteiger charge is 2.28. The van der Waals surface area contributed by atoms with Crippen LogP contribution in [-0.2, 0) is 4.79 Å². The highest BCUT2D eigenvalue weighted by molar-refractivity contribution is 7.98. The molecule has 0 spiro atoms. The van der Waals surface area contributed by atoms with E-state index in [1.165, 1.54) is 37.0 Å². The molecule has 1 nitrogen and oxygen atoms in total. The molecule has 22 heavy (non-hydrogen) atoms. The van der Waals surface area contributed by atoms with Crippen molar-refractivity contribution in [3.8, 4) is 0 Å². The Labute approximate surface area is 139 Å². The zero-order valence-electron chi connectivity index (χ0n) is 13.9. The zero-order chi connectivity index (χ0) is 15.8. The Bertz CT molecular complexity index is 501. The molecule has 0 saturated heterocycles. The first-order valence-electron chi connectivity index (χ1n) is 8.63. The van der Waals surface area contributed by atoms with Crippen LogP contribution in [0.2, 0.25) is 0 Å². The second kappa shape index (κ2) is 9.19. The van der Waals surface area contributed by atoms with Crippen molar-refractivity contribution in [2.45, 2.75) is 63.2 Å². The first-order valence-corrected chi connectivity index (χ1v) is 9.86. The van der Waals surface area contributed by atoms with Gasteiger partial charge in [0, 0.05) is 10.8 Å². The first-order chi connectivity index (χ1) is 10.7. The molecule has 0 N–H and O–H groups in total. The molecule has 1 aliphatic carbocycles. The number of Topliss-reactive ketones (excluding diaryl/α,β-unsaturated/α-hetero) is 1. The summed E-state index contributed by atoms with van der Waals surface area (Å²) in [5, 5.41) is 0. The summed E-state index contributed by atoms with van der Waals surface area (Å²) in [6.07, 6.45) is 13.7. The van der Waals surface area contributed by atoms with E-state index in [0.717, 1.165) is 30.4 Å². The normalized spacial score (nSPS) is 20.0. The average Bonchev–Trinajstić information content (AvgIpc) is 2.89. The Balaban J connectivity index is 1.85. The van der Waals surface area contributed by atoms with E-state index in [9.17, 15) is 4.79 Å². The van der Waals surface area contributed by atoms with Gasteiger partial charge < -0.3 is 0 Å². The van der Waals surface area contributed by atoms with Gasteiger partial charge in [-0.3, -0.25) is 4.79 Å². The Kier molecular flexibility index (Phi) is 7.24. The largest absolute Gasteiger partial charge is 0.294 e. The van der Waals surface area contributed by atoms with Gasteiger partial charge in [-0.25, -0.2) is 0 Å². The first kappa shape index (κ1) is 17.3. The SMILES string of the molecule is CCCCCCC[C@H]1CC/C(=C\c2ccc(SC)cc2)C1=O. The number of carbonyl (C=O) groups excluding carboxylic acids is 1. The maximum Gasteiger partial charge on any atom is 0.161 e. The van der Waals surface area contributed by atoms with Crippen molar-refractivity contribution in [2.75, 3.05) is 6.26 Å². The lowest BCUT2D eigenvalue weighted by Gasteiger charge is -2.07. The molecule has 0 aliphatic heterocycles. The summed E-state index contributed by atoms with van der Waals surface area (Å²) in [6, 6.07) is 8.48. The summed E-state index contributed by atoms with van der Waals surface area (Å²) >= 11 is 1.75. The van der Waals surface area contributed by atoms with Crippen LogP contribution in [0.4, 0.5) is 0 Å². The van der Waals surface area contributed by atoms with Crippen LogP contribution in [0.3, 0.4) is 0 Å². The standard InChI is InChI=1S/C20H28OS/c1-3-4-5-6-7-8-17-11-12-18(20(17)21)15-16-9-13-19(22-2)14-10-16/h9-10,13-15,17H,3-8,11-12H2,1-2H3/b18-15+/t17-/m0/s1. The molecule has 1 fully saturated rings. The second-order valence-electron chi connectivity index (χ2n) is 6.25. The molecule has 1 atom stereocenters. The third-order valence-electron chi connectivity index (χ3n) is 4.56. The molecule has 2 rings (SSSR count). The van der Waals surface area contributed by atoms with E-state index in [4.69, 9.17) is 0 Å². The second-order valence-corrected chi connectivity index (χ2v) is 7.13. The number of thioether (sulfide) groups is 1. The lowest BCUT2D eigenvalue weighted by atomic mass is 9.97. The monoisotopic (exact) mass is 316 g/mol. The molecule has 1 aromatic carbocycles. The van der Waals surface area contributed by atoms with Crippen molar-refractivity contribution in [3.63, 3.8) is 0 Å². The van der Waals surface area contributed by atoms with Gasteiger partial charge in [0.15, 0.2) is 5.78 Å². The predicted molar refractivity (Wildman–Crippen MR) is 97.3 cm³/mol. The summed E-state index contributed by atoms with van der Waals surface area (Å²) in [5.74, 6) is 0.697. The molecule has 1 saturated carbocycles. The highest BCUT2D eigenvalue weighted by Crippen LogP contribution is 2.32. The molecule has 0 bridgehead atoms. The van der Waals surface area contributed by atoms with Gasteiger partial charge in [0.1, 0.15) is 0 Å². The number of hydrogen-bond acceptors (Lipinski definition) is 2. The Morgan fingerprint density at radius 1 is 1.14 bits per heavy atom. The van der Waals surface area contributed by atoms with E-state index in [-0.39, 0.29) is 0 Å². The summed E-state index contributed by atoms with van der Waals surface area (Å²) in [4.78, 5) is 13.7. The van der Waals surface area contributed by atoms with Gasteiger partial charge in [0.25, 0.3) is 0 Å². The van der Waals surface area contributed by atoms with Gasteiger partial charge in [-0.2, -0.15) is 0 Å². The molecular formula is C20H28OS. The van der Waals surface area contributed by atoms with Crippen LogP contribution in [0.25, 0.3) is 6.08 Å². The number of carbonyl (C=O) groups is 1. The van der Waals surface area contributed by atoms with Crippen LogP contribution in [0, 0.1) is 5.92 Å². The fourth-order valence-corrected chi connectivity index (χ4v) is 3.57. The van der Waals surface area contributed by atoms with E-state index in [0.29, 0.717) is 11.7 Å². The zero-order valence-corrected chi connectivity index (χ0v) is 14.8. The number of allylic oxidation sites excluding steroid dienone is 1. The van der Waals surface area contributed by atoms with Crippen molar-refractivity contribution in [2.24, 2.45) is 5.92 Å². The van der Waals surface area contributed by atoms with Crippen LogP contribution in [0.1, 0.15) is 63.9 Å². The maximum absolute atomic E-state index is 12.5. The fraction of sp³-hybridized carbons (Fsp3) is 0.550. The lowest BCUT2D eigenvalue weighted by Crippen LogP contribution is -2.07. The summed E-state index contributed by atoms with van der Waals surface area (Å²) in [7, 11) is 0. The Hall–Kier alpha value is -1.02.